The summed E-state index contributed by atoms with van der Waals surface area (Å²) >= 11 is 0. The third kappa shape index (κ3) is 2.81. The molecule has 0 amide bonds. The zero-order chi connectivity index (χ0) is 13.9. The van der Waals surface area contributed by atoms with Crippen LogP contribution >= 0.6 is 0 Å². The Morgan fingerprint density at radius 2 is 2.20 bits per heavy atom. The quantitative estimate of drug-likeness (QED) is 0.913. The number of nitriles is 1. The average Bonchev–Trinajstić information content (AvgIpc) is 3.30. The molecule has 2 fully saturated rings. The molecule has 1 atom stereocenters. The van der Waals surface area contributed by atoms with Gasteiger partial charge in [0.15, 0.2) is 0 Å². The van der Waals surface area contributed by atoms with E-state index in [9.17, 15) is 5.26 Å². The van der Waals surface area contributed by atoms with E-state index in [-0.39, 0.29) is 0 Å². The van der Waals surface area contributed by atoms with Gasteiger partial charge in [0, 0.05) is 12.6 Å². The van der Waals surface area contributed by atoms with Crippen LogP contribution in [0.1, 0.15) is 36.8 Å². The minimum absolute atomic E-state index is 0.658. The van der Waals surface area contributed by atoms with Gasteiger partial charge in [-0.1, -0.05) is 12.1 Å². The molecule has 0 bridgehead atoms. The standard InChI is InChI=1S/C17H23N3/c1-13-4-2-6-15(10-18)17(13)20(16-7-8-16)12-14-5-3-9-19-11-14/h2,4,6,14,16,19H,3,5,7-9,11-12H2,1H3. The summed E-state index contributed by atoms with van der Waals surface area (Å²) in [5, 5.41) is 12.9. The van der Waals surface area contributed by atoms with E-state index in [2.05, 4.69) is 29.3 Å². The third-order valence-electron chi connectivity index (χ3n) is 4.49. The van der Waals surface area contributed by atoms with Crippen LogP contribution in [0.4, 0.5) is 5.69 Å². The number of hydrogen-bond donors (Lipinski definition) is 1. The van der Waals surface area contributed by atoms with Crippen LogP contribution in [-0.4, -0.2) is 25.7 Å². The van der Waals surface area contributed by atoms with Crippen molar-refractivity contribution in [3.05, 3.63) is 29.3 Å². The molecule has 0 spiro atoms. The van der Waals surface area contributed by atoms with Crippen molar-refractivity contribution in [2.75, 3.05) is 24.5 Å². The highest BCUT2D eigenvalue weighted by atomic mass is 15.2. The first-order valence-corrected chi connectivity index (χ1v) is 7.76. The number of anilines is 1. The number of aryl methyl sites for hydroxylation is 1. The summed E-state index contributed by atoms with van der Waals surface area (Å²) in [5.74, 6) is 0.718. The molecule has 0 aromatic heterocycles. The molecule has 1 aliphatic heterocycles. The monoisotopic (exact) mass is 269 g/mol. The largest absolute Gasteiger partial charge is 0.367 e. The summed E-state index contributed by atoms with van der Waals surface area (Å²) in [6.07, 6.45) is 5.14. The number of hydrogen-bond acceptors (Lipinski definition) is 3. The average molecular weight is 269 g/mol. The van der Waals surface area contributed by atoms with E-state index in [1.807, 2.05) is 12.1 Å². The van der Waals surface area contributed by atoms with Crippen LogP contribution in [0.5, 0.6) is 0 Å². The molecule has 106 valence electrons. The van der Waals surface area contributed by atoms with Gasteiger partial charge in [-0.3, -0.25) is 0 Å². The van der Waals surface area contributed by atoms with Crippen LogP contribution < -0.4 is 10.2 Å². The smallest absolute Gasteiger partial charge is 0.101 e. The Hall–Kier alpha value is -1.53. The summed E-state index contributed by atoms with van der Waals surface area (Å²) in [5.41, 5.74) is 3.25. The maximum absolute atomic E-state index is 9.41. The highest BCUT2D eigenvalue weighted by Gasteiger charge is 2.33. The van der Waals surface area contributed by atoms with Crippen molar-refractivity contribution in [1.29, 1.82) is 5.26 Å². The second-order valence-corrected chi connectivity index (χ2v) is 6.18. The van der Waals surface area contributed by atoms with Crippen molar-refractivity contribution in [3.8, 4) is 6.07 Å². The lowest BCUT2D eigenvalue weighted by Gasteiger charge is -2.33. The van der Waals surface area contributed by atoms with E-state index in [1.54, 1.807) is 0 Å². The van der Waals surface area contributed by atoms with E-state index in [4.69, 9.17) is 0 Å². The van der Waals surface area contributed by atoms with Crippen molar-refractivity contribution in [2.45, 2.75) is 38.6 Å². The molecule has 1 unspecified atom stereocenters. The number of piperidine rings is 1. The summed E-state index contributed by atoms with van der Waals surface area (Å²) in [6.45, 7) is 5.51. The Labute approximate surface area is 121 Å². The summed E-state index contributed by atoms with van der Waals surface area (Å²) in [6, 6.07) is 9.11. The van der Waals surface area contributed by atoms with Gasteiger partial charge in [-0.05, 0) is 63.2 Å². The molecule has 1 aliphatic carbocycles. The Bertz CT molecular complexity index is 507. The predicted molar refractivity (Wildman–Crippen MR) is 81.9 cm³/mol. The van der Waals surface area contributed by atoms with E-state index in [0.29, 0.717) is 6.04 Å². The fraction of sp³-hybridized carbons (Fsp3) is 0.588. The van der Waals surface area contributed by atoms with Gasteiger partial charge in [-0.2, -0.15) is 5.26 Å². The lowest BCUT2D eigenvalue weighted by molar-refractivity contribution is 0.376. The topological polar surface area (TPSA) is 39.1 Å². The SMILES string of the molecule is Cc1cccc(C#N)c1N(CC1CCCNC1)C1CC1. The van der Waals surface area contributed by atoms with Crippen LogP contribution in [0.25, 0.3) is 0 Å². The Kier molecular flexibility index (Phi) is 3.93. The number of benzene rings is 1. The van der Waals surface area contributed by atoms with Crippen LogP contribution in [0.15, 0.2) is 18.2 Å². The molecule has 0 radical (unpaired) electrons. The molecule has 20 heavy (non-hydrogen) atoms. The highest BCUT2D eigenvalue weighted by Crippen LogP contribution is 2.36. The number of para-hydroxylation sites is 1. The summed E-state index contributed by atoms with van der Waals surface area (Å²) in [7, 11) is 0. The van der Waals surface area contributed by atoms with Crippen molar-refractivity contribution in [3.63, 3.8) is 0 Å². The summed E-state index contributed by atoms with van der Waals surface area (Å²) in [4.78, 5) is 2.52. The minimum Gasteiger partial charge on any atom is -0.367 e. The molecule has 3 rings (SSSR count). The molecule has 1 aromatic carbocycles. The first-order valence-electron chi connectivity index (χ1n) is 7.76. The van der Waals surface area contributed by atoms with Gasteiger partial charge in [0.25, 0.3) is 0 Å². The minimum atomic E-state index is 0.658. The molecule has 1 aromatic rings. The van der Waals surface area contributed by atoms with Crippen LogP contribution in [0.2, 0.25) is 0 Å². The molecule has 2 aliphatic rings. The molecule has 1 N–H and O–H groups in total. The van der Waals surface area contributed by atoms with E-state index < -0.39 is 0 Å². The molecular formula is C17H23N3. The van der Waals surface area contributed by atoms with Crippen LogP contribution in [-0.2, 0) is 0 Å². The van der Waals surface area contributed by atoms with Gasteiger partial charge in [-0.15, -0.1) is 0 Å². The van der Waals surface area contributed by atoms with Gasteiger partial charge >= 0.3 is 0 Å². The lowest BCUT2D eigenvalue weighted by atomic mass is 9.97. The molecule has 1 saturated heterocycles. The molecule has 3 nitrogen and oxygen atoms in total. The normalized spacial score (nSPS) is 22.3. The van der Waals surface area contributed by atoms with Gasteiger partial charge in [-0.25, -0.2) is 0 Å². The lowest BCUT2D eigenvalue weighted by Crippen LogP contribution is -2.39. The summed E-state index contributed by atoms with van der Waals surface area (Å²) < 4.78 is 0. The number of nitrogens with zero attached hydrogens (tertiary/aromatic N) is 2. The zero-order valence-electron chi connectivity index (χ0n) is 12.2. The number of rotatable bonds is 4. The van der Waals surface area contributed by atoms with Crippen molar-refractivity contribution in [2.24, 2.45) is 5.92 Å². The van der Waals surface area contributed by atoms with Gasteiger partial charge in [0.2, 0.25) is 0 Å². The van der Waals surface area contributed by atoms with E-state index in [0.717, 1.165) is 31.1 Å². The van der Waals surface area contributed by atoms with E-state index in [1.165, 1.54) is 36.9 Å². The highest BCUT2D eigenvalue weighted by molar-refractivity contribution is 5.65. The fourth-order valence-electron chi connectivity index (χ4n) is 3.30. The second kappa shape index (κ2) is 5.85. The Morgan fingerprint density at radius 3 is 2.85 bits per heavy atom. The van der Waals surface area contributed by atoms with Crippen LogP contribution in [0, 0.1) is 24.2 Å². The molecule has 1 saturated carbocycles. The van der Waals surface area contributed by atoms with Gasteiger partial charge < -0.3 is 10.2 Å². The Balaban J connectivity index is 1.85. The first-order chi connectivity index (χ1) is 9.79. The maximum Gasteiger partial charge on any atom is 0.101 e. The predicted octanol–water partition coefficient (Wildman–Crippen LogP) is 2.84. The van der Waals surface area contributed by atoms with Crippen molar-refractivity contribution < 1.29 is 0 Å². The zero-order valence-corrected chi connectivity index (χ0v) is 12.2. The molecular weight excluding hydrogens is 246 g/mol. The van der Waals surface area contributed by atoms with Crippen LogP contribution in [0.3, 0.4) is 0 Å². The third-order valence-corrected chi connectivity index (χ3v) is 4.49. The van der Waals surface area contributed by atoms with Crippen molar-refractivity contribution >= 4 is 5.69 Å². The van der Waals surface area contributed by atoms with Gasteiger partial charge in [0.1, 0.15) is 6.07 Å². The van der Waals surface area contributed by atoms with Gasteiger partial charge in [0.05, 0.1) is 11.3 Å². The molecule has 3 heteroatoms. The number of nitrogens with one attached hydrogen (secondary N) is 1. The van der Waals surface area contributed by atoms with Crippen molar-refractivity contribution in [1.82, 2.24) is 5.32 Å². The molecule has 1 heterocycles. The fourth-order valence-corrected chi connectivity index (χ4v) is 3.30. The maximum atomic E-state index is 9.41. The first kappa shape index (κ1) is 13.5. The second-order valence-electron chi connectivity index (χ2n) is 6.18. The van der Waals surface area contributed by atoms with E-state index >= 15 is 0 Å². The Morgan fingerprint density at radius 1 is 1.35 bits per heavy atom.